The lowest BCUT2D eigenvalue weighted by Gasteiger charge is -2.21. The van der Waals surface area contributed by atoms with E-state index >= 15 is 0 Å². The molecule has 0 spiro atoms. The number of aromatic nitrogens is 6. The van der Waals surface area contributed by atoms with Gasteiger partial charge in [-0.1, -0.05) is 51.2 Å². The van der Waals surface area contributed by atoms with E-state index in [9.17, 15) is 0 Å². The van der Waals surface area contributed by atoms with E-state index in [0.717, 1.165) is 51.3 Å². The second-order valence-electron chi connectivity index (χ2n) is 6.89. The molecule has 0 saturated carbocycles. The zero-order chi connectivity index (χ0) is 26.3. The van der Waals surface area contributed by atoms with Crippen LogP contribution in [0.3, 0.4) is 0 Å². The Bertz CT molecular complexity index is 1280. The highest BCUT2D eigenvalue weighted by molar-refractivity contribution is 14.2. The van der Waals surface area contributed by atoms with Crippen molar-refractivity contribution in [3.63, 3.8) is 0 Å². The number of halogens is 2. The number of hydrogen-bond donors (Lipinski definition) is 1. The van der Waals surface area contributed by atoms with Gasteiger partial charge in [-0.3, -0.25) is 4.34 Å². The van der Waals surface area contributed by atoms with Gasteiger partial charge in [-0.05, 0) is 54.1 Å². The van der Waals surface area contributed by atoms with Crippen molar-refractivity contribution >= 4 is 80.2 Å². The van der Waals surface area contributed by atoms with E-state index in [2.05, 4.69) is 57.1 Å². The Kier molecular flexibility index (Phi) is 11.5. The first kappa shape index (κ1) is 29.6. The smallest absolute Gasteiger partial charge is 0.167 e. The van der Waals surface area contributed by atoms with Gasteiger partial charge >= 0.3 is 0 Å². The van der Waals surface area contributed by atoms with Crippen molar-refractivity contribution in [1.29, 1.82) is 0 Å². The number of anilines is 3. The van der Waals surface area contributed by atoms with Gasteiger partial charge in [0.15, 0.2) is 11.5 Å². The zero-order valence-electron chi connectivity index (χ0n) is 21.6. The minimum Gasteiger partial charge on any atom is -0.352 e. The Morgan fingerprint density at radius 1 is 1.06 bits per heavy atom. The quantitative estimate of drug-likeness (QED) is 0.0992. The summed E-state index contributed by atoms with van der Waals surface area (Å²) in [4.78, 5) is 13.8. The fourth-order valence-electron chi connectivity index (χ4n) is 3.37. The fraction of sp³-hybridized carbons (Fsp3) is 0.391. The molecule has 1 unspecified atom stereocenters. The molecule has 12 heteroatoms. The van der Waals surface area contributed by atoms with Crippen LogP contribution in [0.25, 0.3) is 22.6 Å². The molecule has 3 aromatic heterocycles. The number of nitrogens with one attached hydrogen (secondary N) is 1. The summed E-state index contributed by atoms with van der Waals surface area (Å²) in [7, 11) is 3.93. The van der Waals surface area contributed by atoms with Gasteiger partial charge in [-0.25, -0.2) is 19.6 Å². The Hall–Kier alpha value is -1.62. The SMILES string of the molecule is CC.CC.CSN(C)c1cc(-c2nc(C)nn2C)ccc1Nc1cc(Cl)nc2c1nc(C)n2PI. The van der Waals surface area contributed by atoms with Crippen LogP contribution >= 0.6 is 52.0 Å². The number of aryl methyl sites for hydroxylation is 3. The highest BCUT2D eigenvalue weighted by Gasteiger charge is 2.17. The monoisotopic (exact) mass is 646 g/mol. The number of imidazole rings is 1. The van der Waals surface area contributed by atoms with Crippen molar-refractivity contribution in [2.45, 2.75) is 41.5 Å². The molecule has 0 aliphatic heterocycles. The summed E-state index contributed by atoms with van der Waals surface area (Å²) < 4.78 is 5.97. The van der Waals surface area contributed by atoms with Crippen molar-refractivity contribution in [3.05, 3.63) is 41.1 Å². The largest absolute Gasteiger partial charge is 0.352 e. The van der Waals surface area contributed by atoms with Crippen LogP contribution in [-0.4, -0.2) is 42.4 Å². The molecule has 190 valence electrons. The van der Waals surface area contributed by atoms with Crippen molar-refractivity contribution in [3.8, 4) is 11.4 Å². The molecular formula is C23H33ClIN8PS. The lowest BCUT2D eigenvalue weighted by Crippen LogP contribution is -2.09. The van der Waals surface area contributed by atoms with Crippen LogP contribution in [0.4, 0.5) is 17.1 Å². The molecule has 0 radical (unpaired) electrons. The maximum Gasteiger partial charge on any atom is 0.167 e. The van der Waals surface area contributed by atoms with Gasteiger partial charge in [0.05, 0.1) is 23.4 Å². The molecule has 0 aliphatic carbocycles. The topological polar surface area (TPSA) is 76.7 Å². The number of pyridine rings is 1. The first-order chi connectivity index (χ1) is 16.8. The summed E-state index contributed by atoms with van der Waals surface area (Å²) in [5.41, 5.74) is 5.35. The molecule has 3 heterocycles. The van der Waals surface area contributed by atoms with E-state index in [1.165, 1.54) is 0 Å². The average molecular weight is 647 g/mol. The Labute approximate surface area is 232 Å². The standard InChI is InChI=1S/C19H21ClIN8PS.2C2H6/c1-10-22-18(27(3)26-10)12-6-7-13(15(8-12)28(4)31-5)24-14-9-16(20)25-19-17(14)23-11(2)29(19)30-21;2*1-2/h6-9,30H,1-5H3,(H,24,25);2*1-2H3. The van der Waals surface area contributed by atoms with Gasteiger partial charge in [0.1, 0.15) is 22.3 Å². The molecule has 35 heavy (non-hydrogen) atoms. The van der Waals surface area contributed by atoms with Gasteiger partial charge in [0.25, 0.3) is 0 Å². The van der Waals surface area contributed by atoms with Crippen LogP contribution in [0.15, 0.2) is 24.3 Å². The number of rotatable bonds is 6. The maximum absolute atomic E-state index is 6.36. The highest BCUT2D eigenvalue weighted by Crippen LogP contribution is 2.38. The minimum absolute atomic E-state index is 0.428. The molecule has 1 atom stereocenters. The average Bonchev–Trinajstić information content (AvgIpc) is 3.38. The number of fused-ring (bicyclic) bond motifs is 1. The van der Waals surface area contributed by atoms with Gasteiger partial charge < -0.3 is 9.62 Å². The molecule has 0 saturated heterocycles. The third-order valence-corrected chi connectivity index (χ3v) is 7.93. The number of benzene rings is 1. The van der Waals surface area contributed by atoms with Gasteiger partial charge in [0.2, 0.25) is 0 Å². The van der Waals surface area contributed by atoms with Crippen molar-refractivity contribution < 1.29 is 0 Å². The fourth-order valence-corrected chi connectivity index (χ4v) is 6.04. The van der Waals surface area contributed by atoms with Gasteiger partial charge in [-0.2, -0.15) is 5.10 Å². The Morgan fingerprint density at radius 3 is 2.31 bits per heavy atom. The molecule has 0 aliphatic rings. The molecule has 0 fully saturated rings. The molecule has 4 aromatic rings. The predicted molar refractivity (Wildman–Crippen MR) is 164 cm³/mol. The Balaban J connectivity index is 0.00000103. The van der Waals surface area contributed by atoms with Gasteiger partial charge in [0, 0.05) is 32.0 Å². The summed E-state index contributed by atoms with van der Waals surface area (Å²) in [6, 6.07) is 8.02. The van der Waals surface area contributed by atoms with Crippen LogP contribution < -0.4 is 9.62 Å². The first-order valence-corrected chi connectivity index (χ1v) is 16.9. The second kappa shape index (κ2) is 13.6. The molecular weight excluding hydrogens is 614 g/mol. The molecule has 1 aromatic carbocycles. The molecule has 4 rings (SSSR count). The normalized spacial score (nSPS) is 10.7. The molecule has 8 nitrogen and oxygen atoms in total. The summed E-state index contributed by atoms with van der Waals surface area (Å²) >= 11 is 10.3. The third kappa shape index (κ3) is 6.58. The van der Waals surface area contributed by atoms with Crippen LogP contribution in [0.1, 0.15) is 39.3 Å². The summed E-state index contributed by atoms with van der Waals surface area (Å²) in [5.74, 6) is 2.48. The minimum atomic E-state index is 0.428. The van der Waals surface area contributed by atoms with Crippen molar-refractivity contribution in [1.82, 2.24) is 29.1 Å². The van der Waals surface area contributed by atoms with Gasteiger partial charge in [-0.15, -0.1) is 0 Å². The van der Waals surface area contributed by atoms with E-state index in [1.807, 2.05) is 80.1 Å². The molecule has 0 bridgehead atoms. The third-order valence-electron chi connectivity index (χ3n) is 4.84. The van der Waals surface area contributed by atoms with E-state index in [4.69, 9.17) is 16.6 Å². The predicted octanol–water partition coefficient (Wildman–Crippen LogP) is 7.80. The lowest BCUT2D eigenvalue weighted by atomic mass is 10.1. The summed E-state index contributed by atoms with van der Waals surface area (Å²) in [5, 5.41) is 8.34. The van der Waals surface area contributed by atoms with E-state index in [-0.39, 0.29) is 0 Å². The van der Waals surface area contributed by atoms with Crippen molar-refractivity contribution in [2.24, 2.45) is 7.05 Å². The maximum atomic E-state index is 6.36. The van der Waals surface area contributed by atoms with E-state index in [1.54, 1.807) is 16.6 Å². The highest BCUT2D eigenvalue weighted by atomic mass is 127. The van der Waals surface area contributed by atoms with Crippen molar-refractivity contribution in [2.75, 3.05) is 22.9 Å². The molecule has 0 amide bonds. The van der Waals surface area contributed by atoms with E-state index in [0.29, 0.717) is 11.5 Å². The van der Waals surface area contributed by atoms with Crippen LogP contribution in [0, 0.1) is 13.8 Å². The van der Waals surface area contributed by atoms with Crippen LogP contribution in [0.5, 0.6) is 0 Å². The lowest BCUT2D eigenvalue weighted by molar-refractivity contribution is 0.764. The zero-order valence-corrected chi connectivity index (χ0v) is 26.3. The molecule has 1 N–H and O–H groups in total. The van der Waals surface area contributed by atoms with Crippen LogP contribution in [0.2, 0.25) is 5.15 Å². The summed E-state index contributed by atoms with van der Waals surface area (Å²) in [6.07, 6.45) is 2.53. The van der Waals surface area contributed by atoms with E-state index < -0.39 is 0 Å². The first-order valence-electron chi connectivity index (χ1n) is 11.3. The summed E-state index contributed by atoms with van der Waals surface area (Å²) in [6.45, 7) is 11.9. The second-order valence-corrected chi connectivity index (χ2v) is 10.3. The number of hydrogen-bond acceptors (Lipinski definition) is 7. The van der Waals surface area contributed by atoms with Crippen LogP contribution in [-0.2, 0) is 7.05 Å². The Morgan fingerprint density at radius 2 is 1.74 bits per heavy atom. The number of nitrogens with zero attached hydrogens (tertiary/aromatic N) is 7.